The monoisotopic (exact) mass is 240 g/mol. The Morgan fingerprint density at radius 2 is 2.31 bits per heavy atom. The van der Waals surface area contributed by atoms with Crippen molar-refractivity contribution in [2.75, 3.05) is 6.54 Å². The van der Waals surface area contributed by atoms with Crippen LogP contribution in [0.1, 0.15) is 23.2 Å². The Kier molecular flexibility index (Phi) is 4.74. The van der Waals surface area contributed by atoms with Crippen LogP contribution in [0.5, 0.6) is 0 Å². The number of hydrogen-bond acceptors (Lipinski definition) is 2. The molecule has 1 amide bonds. The summed E-state index contributed by atoms with van der Waals surface area (Å²) in [4.78, 5) is 11.5. The van der Waals surface area contributed by atoms with Crippen molar-refractivity contribution in [3.8, 4) is 6.07 Å². The lowest BCUT2D eigenvalue weighted by molar-refractivity contribution is 0.0953. The molecule has 1 aromatic carbocycles. The third-order valence-electron chi connectivity index (χ3n) is 1.93. The molecule has 0 atom stereocenters. The summed E-state index contributed by atoms with van der Waals surface area (Å²) in [5, 5.41) is 10.8. The molecule has 84 valence electrons. The zero-order valence-electron chi connectivity index (χ0n) is 8.46. The highest BCUT2D eigenvalue weighted by molar-refractivity contribution is 6.31. The Hall–Kier alpha value is -1.60. The first kappa shape index (κ1) is 12.5. The Bertz CT molecular complexity index is 428. The third-order valence-corrected chi connectivity index (χ3v) is 2.22. The largest absolute Gasteiger partial charge is 0.352 e. The number of nitriles is 1. The summed E-state index contributed by atoms with van der Waals surface area (Å²) in [6, 6.07) is 5.76. The van der Waals surface area contributed by atoms with Gasteiger partial charge in [-0.2, -0.15) is 5.26 Å². The zero-order chi connectivity index (χ0) is 12.0. The number of amides is 1. The number of unbranched alkanes of at least 4 members (excludes halogenated alkanes) is 1. The van der Waals surface area contributed by atoms with Gasteiger partial charge in [0.15, 0.2) is 0 Å². The van der Waals surface area contributed by atoms with Crippen LogP contribution in [0, 0.1) is 17.1 Å². The molecule has 5 heteroatoms. The second-order valence-corrected chi connectivity index (χ2v) is 3.55. The van der Waals surface area contributed by atoms with Crippen molar-refractivity contribution in [2.45, 2.75) is 12.8 Å². The van der Waals surface area contributed by atoms with E-state index in [9.17, 15) is 9.18 Å². The summed E-state index contributed by atoms with van der Waals surface area (Å²) < 4.78 is 12.8. The van der Waals surface area contributed by atoms with Gasteiger partial charge in [-0.3, -0.25) is 4.79 Å². The van der Waals surface area contributed by atoms with Gasteiger partial charge in [0.25, 0.3) is 5.91 Å². The van der Waals surface area contributed by atoms with Gasteiger partial charge in [0.2, 0.25) is 0 Å². The molecule has 0 radical (unpaired) electrons. The van der Waals surface area contributed by atoms with Crippen LogP contribution < -0.4 is 5.32 Å². The van der Waals surface area contributed by atoms with Gasteiger partial charge in [0.1, 0.15) is 5.82 Å². The first-order chi connectivity index (χ1) is 7.65. The molecule has 0 aromatic heterocycles. The number of halogens is 2. The van der Waals surface area contributed by atoms with E-state index in [1.807, 2.05) is 6.07 Å². The molecule has 0 aliphatic rings. The molecule has 16 heavy (non-hydrogen) atoms. The topological polar surface area (TPSA) is 52.9 Å². The molecular formula is C11H10ClFN2O. The van der Waals surface area contributed by atoms with E-state index in [1.54, 1.807) is 0 Å². The zero-order valence-corrected chi connectivity index (χ0v) is 9.22. The van der Waals surface area contributed by atoms with Crippen LogP contribution >= 0.6 is 11.6 Å². The minimum atomic E-state index is -0.553. The average Bonchev–Trinajstić information content (AvgIpc) is 2.28. The molecule has 1 rings (SSSR count). The van der Waals surface area contributed by atoms with Crippen LogP contribution in [-0.4, -0.2) is 12.5 Å². The number of nitrogens with zero attached hydrogens (tertiary/aromatic N) is 1. The highest BCUT2D eigenvalue weighted by atomic mass is 35.5. The fraction of sp³-hybridized carbons (Fsp3) is 0.273. The summed E-state index contributed by atoms with van der Waals surface area (Å²) in [5.41, 5.74) is 0.309. The number of nitrogens with one attached hydrogen (secondary N) is 1. The molecule has 0 heterocycles. The summed E-state index contributed by atoms with van der Waals surface area (Å²) in [5.74, 6) is -0.873. The minimum Gasteiger partial charge on any atom is -0.352 e. The van der Waals surface area contributed by atoms with Gasteiger partial charge in [-0.05, 0) is 24.6 Å². The van der Waals surface area contributed by atoms with Crippen molar-refractivity contribution in [3.63, 3.8) is 0 Å². The SMILES string of the molecule is N#CCCCNC(=O)c1ccc(F)c(Cl)c1. The highest BCUT2D eigenvalue weighted by Crippen LogP contribution is 2.15. The van der Waals surface area contributed by atoms with Crippen molar-refractivity contribution in [2.24, 2.45) is 0 Å². The lowest BCUT2D eigenvalue weighted by Crippen LogP contribution is -2.24. The van der Waals surface area contributed by atoms with Gasteiger partial charge < -0.3 is 5.32 Å². The Morgan fingerprint density at radius 3 is 2.94 bits per heavy atom. The molecule has 0 fully saturated rings. The molecule has 0 spiro atoms. The molecule has 3 nitrogen and oxygen atoms in total. The normalized spacial score (nSPS) is 9.56. The number of carbonyl (C=O) groups is 1. The van der Waals surface area contributed by atoms with Gasteiger partial charge in [-0.1, -0.05) is 11.6 Å². The summed E-state index contributed by atoms with van der Waals surface area (Å²) in [6.45, 7) is 0.418. The van der Waals surface area contributed by atoms with E-state index in [0.29, 0.717) is 24.9 Å². The first-order valence-corrected chi connectivity index (χ1v) is 5.13. The summed E-state index contributed by atoms with van der Waals surface area (Å²) in [7, 11) is 0. The Balaban J connectivity index is 2.53. The molecule has 0 unspecified atom stereocenters. The van der Waals surface area contributed by atoms with Crippen molar-refractivity contribution in [1.29, 1.82) is 5.26 Å². The molecule has 1 N–H and O–H groups in total. The molecule has 0 saturated heterocycles. The predicted molar refractivity (Wildman–Crippen MR) is 58.6 cm³/mol. The van der Waals surface area contributed by atoms with Crippen LogP contribution in [-0.2, 0) is 0 Å². The van der Waals surface area contributed by atoms with Crippen LogP contribution in [0.3, 0.4) is 0 Å². The number of carbonyl (C=O) groups excluding carboxylic acids is 1. The van der Waals surface area contributed by atoms with Crippen LogP contribution in [0.2, 0.25) is 5.02 Å². The molecule has 0 saturated carbocycles. The van der Waals surface area contributed by atoms with E-state index in [-0.39, 0.29) is 10.9 Å². The van der Waals surface area contributed by atoms with Crippen molar-refractivity contribution in [3.05, 3.63) is 34.6 Å². The maximum atomic E-state index is 12.8. The van der Waals surface area contributed by atoms with Gasteiger partial charge >= 0.3 is 0 Å². The third kappa shape index (κ3) is 3.52. The fourth-order valence-corrected chi connectivity index (χ4v) is 1.29. The number of rotatable bonds is 4. The quantitative estimate of drug-likeness (QED) is 0.823. The lowest BCUT2D eigenvalue weighted by Gasteiger charge is -2.04. The average molecular weight is 241 g/mol. The number of benzene rings is 1. The van der Waals surface area contributed by atoms with E-state index < -0.39 is 5.82 Å². The van der Waals surface area contributed by atoms with Gasteiger partial charge in [0, 0.05) is 18.5 Å². The van der Waals surface area contributed by atoms with E-state index in [1.165, 1.54) is 12.1 Å². The Morgan fingerprint density at radius 1 is 1.56 bits per heavy atom. The highest BCUT2D eigenvalue weighted by Gasteiger charge is 2.07. The second-order valence-electron chi connectivity index (χ2n) is 3.15. The van der Waals surface area contributed by atoms with E-state index in [4.69, 9.17) is 16.9 Å². The maximum absolute atomic E-state index is 12.8. The summed E-state index contributed by atoms with van der Waals surface area (Å²) in [6.07, 6.45) is 0.988. The van der Waals surface area contributed by atoms with Crippen molar-refractivity contribution < 1.29 is 9.18 Å². The molecule has 1 aromatic rings. The van der Waals surface area contributed by atoms with E-state index in [2.05, 4.69) is 5.32 Å². The second kappa shape index (κ2) is 6.09. The maximum Gasteiger partial charge on any atom is 0.251 e. The lowest BCUT2D eigenvalue weighted by atomic mass is 10.2. The van der Waals surface area contributed by atoms with Crippen LogP contribution in [0.15, 0.2) is 18.2 Å². The molecule has 0 bridgehead atoms. The van der Waals surface area contributed by atoms with Gasteiger partial charge in [0.05, 0.1) is 11.1 Å². The molecular weight excluding hydrogens is 231 g/mol. The predicted octanol–water partition coefficient (Wildman–Crippen LogP) is 2.51. The fourth-order valence-electron chi connectivity index (χ4n) is 1.11. The standard InChI is InChI=1S/C11H10ClFN2O/c12-9-7-8(3-4-10(9)13)11(16)15-6-2-1-5-14/h3-4,7H,1-2,6H2,(H,15,16). The van der Waals surface area contributed by atoms with Gasteiger partial charge in [-0.25, -0.2) is 4.39 Å². The van der Waals surface area contributed by atoms with Crippen LogP contribution in [0.4, 0.5) is 4.39 Å². The van der Waals surface area contributed by atoms with Gasteiger partial charge in [-0.15, -0.1) is 0 Å². The Labute approximate surface area is 97.8 Å². The summed E-state index contributed by atoms with van der Waals surface area (Å²) >= 11 is 5.54. The number of hydrogen-bond donors (Lipinski definition) is 1. The first-order valence-electron chi connectivity index (χ1n) is 4.75. The minimum absolute atomic E-state index is 0.0790. The van der Waals surface area contributed by atoms with Crippen molar-refractivity contribution >= 4 is 17.5 Å². The van der Waals surface area contributed by atoms with E-state index in [0.717, 1.165) is 6.07 Å². The van der Waals surface area contributed by atoms with Crippen LogP contribution in [0.25, 0.3) is 0 Å². The van der Waals surface area contributed by atoms with Crippen molar-refractivity contribution in [1.82, 2.24) is 5.32 Å². The molecule has 0 aliphatic heterocycles. The van der Waals surface area contributed by atoms with E-state index >= 15 is 0 Å². The molecule has 0 aliphatic carbocycles. The smallest absolute Gasteiger partial charge is 0.251 e.